The first-order chi connectivity index (χ1) is 13.5. The van der Waals surface area contributed by atoms with Gasteiger partial charge >= 0.3 is 0 Å². The van der Waals surface area contributed by atoms with Crippen molar-refractivity contribution < 1.29 is 18.9 Å². The van der Waals surface area contributed by atoms with Crippen LogP contribution in [0.1, 0.15) is 33.5 Å². The van der Waals surface area contributed by atoms with Gasteiger partial charge in [0.15, 0.2) is 5.82 Å². The molecule has 1 aromatic carbocycles. The van der Waals surface area contributed by atoms with Crippen molar-refractivity contribution in [3.63, 3.8) is 0 Å². The number of thioether (sulfide) groups is 1. The number of nitrogens with one attached hydrogen (secondary N) is 3. The SMILES string of the molecule is Cc1cc(NC(=O)C(C)SCC(=O)Nc2cccc(NC(=O)C(C)(C)C)c2)no1. The number of benzene rings is 1. The van der Waals surface area contributed by atoms with Gasteiger partial charge in [-0.15, -0.1) is 11.8 Å². The maximum atomic E-state index is 12.2. The Hall–Kier alpha value is -2.81. The molecule has 8 nitrogen and oxygen atoms in total. The van der Waals surface area contributed by atoms with Gasteiger partial charge in [-0.2, -0.15) is 0 Å². The Balaban J connectivity index is 1.83. The monoisotopic (exact) mass is 418 g/mol. The third-order valence-corrected chi connectivity index (χ3v) is 4.94. The molecule has 0 fully saturated rings. The molecule has 156 valence electrons. The summed E-state index contributed by atoms with van der Waals surface area (Å²) in [6.45, 7) is 8.92. The Morgan fingerprint density at radius 3 is 2.34 bits per heavy atom. The fourth-order valence-corrected chi connectivity index (χ4v) is 2.80. The second-order valence-corrected chi connectivity index (χ2v) is 8.93. The van der Waals surface area contributed by atoms with Gasteiger partial charge in [0.25, 0.3) is 0 Å². The Bertz CT molecular complexity index is 889. The molecule has 1 aromatic heterocycles. The highest BCUT2D eigenvalue weighted by molar-refractivity contribution is 8.01. The summed E-state index contributed by atoms with van der Waals surface area (Å²) in [6.07, 6.45) is 0. The number of aryl methyl sites for hydroxylation is 1. The molecule has 0 aliphatic rings. The van der Waals surface area contributed by atoms with Crippen LogP contribution in [-0.4, -0.2) is 33.9 Å². The van der Waals surface area contributed by atoms with Crippen molar-refractivity contribution >= 4 is 46.7 Å². The van der Waals surface area contributed by atoms with E-state index in [4.69, 9.17) is 4.52 Å². The lowest BCUT2D eigenvalue weighted by molar-refractivity contribution is -0.123. The van der Waals surface area contributed by atoms with E-state index < -0.39 is 10.7 Å². The summed E-state index contributed by atoms with van der Waals surface area (Å²) in [5, 5.41) is 11.5. The quantitative estimate of drug-likeness (QED) is 0.632. The zero-order valence-electron chi connectivity index (χ0n) is 17.2. The molecular weight excluding hydrogens is 392 g/mol. The van der Waals surface area contributed by atoms with Crippen LogP contribution >= 0.6 is 11.8 Å². The number of rotatable bonds is 7. The van der Waals surface area contributed by atoms with Crippen LogP contribution in [0.2, 0.25) is 0 Å². The zero-order valence-corrected chi connectivity index (χ0v) is 18.0. The summed E-state index contributed by atoms with van der Waals surface area (Å²) in [4.78, 5) is 36.4. The number of carbonyl (C=O) groups excluding carboxylic acids is 3. The number of anilines is 3. The van der Waals surface area contributed by atoms with Gasteiger partial charge in [-0.05, 0) is 32.0 Å². The molecule has 0 saturated heterocycles. The lowest BCUT2D eigenvalue weighted by Crippen LogP contribution is -2.27. The predicted molar refractivity (Wildman–Crippen MR) is 115 cm³/mol. The van der Waals surface area contributed by atoms with Gasteiger partial charge < -0.3 is 20.5 Å². The molecule has 29 heavy (non-hydrogen) atoms. The molecular formula is C20H26N4O4S. The zero-order chi connectivity index (χ0) is 21.6. The van der Waals surface area contributed by atoms with Crippen molar-refractivity contribution in [3.05, 3.63) is 36.1 Å². The molecule has 1 atom stereocenters. The Morgan fingerprint density at radius 2 is 1.76 bits per heavy atom. The van der Waals surface area contributed by atoms with Crippen LogP contribution in [0.5, 0.6) is 0 Å². The van der Waals surface area contributed by atoms with Gasteiger partial charge in [0.1, 0.15) is 5.76 Å². The van der Waals surface area contributed by atoms with Crippen molar-refractivity contribution in [1.82, 2.24) is 5.16 Å². The van der Waals surface area contributed by atoms with E-state index in [0.29, 0.717) is 23.0 Å². The fourth-order valence-electron chi connectivity index (χ4n) is 2.12. The normalized spacial score (nSPS) is 12.2. The first-order valence-electron chi connectivity index (χ1n) is 9.12. The summed E-state index contributed by atoms with van der Waals surface area (Å²) in [5.41, 5.74) is 0.653. The van der Waals surface area contributed by atoms with E-state index in [1.165, 1.54) is 11.8 Å². The average Bonchev–Trinajstić information content (AvgIpc) is 3.03. The molecule has 2 rings (SSSR count). The maximum Gasteiger partial charge on any atom is 0.238 e. The van der Waals surface area contributed by atoms with Crippen molar-refractivity contribution in [2.45, 2.75) is 39.9 Å². The van der Waals surface area contributed by atoms with E-state index in [2.05, 4.69) is 21.1 Å². The standard InChI is InChI=1S/C20H26N4O4S/c1-12-9-16(24-28-12)23-18(26)13(2)29-11-17(25)21-14-7-6-8-15(10-14)22-19(27)20(3,4)5/h6-10,13H,11H2,1-5H3,(H,21,25)(H,22,27)(H,23,24,26). The van der Waals surface area contributed by atoms with Crippen LogP contribution < -0.4 is 16.0 Å². The topological polar surface area (TPSA) is 113 Å². The molecule has 1 heterocycles. The highest BCUT2D eigenvalue weighted by atomic mass is 32.2. The lowest BCUT2D eigenvalue weighted by Gasteiger charge is -2.18. The van der Waals surface area contributed by atoms with Crippen molar-refractivity contribution in [3.8, 4) is 0 Å². The second-order valence-electron chi connectivity index (χ2n) is 7.60. The van der Waals surface area contributed by atoms with E-state index in [-0.39, 0.29) is 23.5 Å². The van der Waals surface area contributed by atoms with Gasteiger partial charge in [0.2, 0.25) is 17.7 Å². The maximum absolute atomic E-state index is 12.2. The summed E-state index contributed by atoms with van der Waals surface area (Å²) < 4.78 is 4.90. The van der Waals surface area contributed by atoms with Crippen LogP contribution in [0.25, 0.3) is 0 Å². The molecule has 0 aliphatic carbocycles. The molecule has 2 aromatic rings. The molecule has 9 heteroatoms. The number of amides is 3. The minimum atomic E-state index is -0.517. The van der Waals surface area contributed by atoms with Gasteiger partial charge in [-0.1, -0.05) is 32.0 Å². The van der Waals surface area contributed by atoms with Gasteiger partial charge in [0.05, 0.1) is 11.0 Å². The van der Waals surface area contributed by atoms with Crippen LogP contribution in [0, 0.1) is 12.3 Å². The van der Waals surface area contributed by atoms with E-state index in [9.17, 15) is 14.4 Å². The van der Waals surface area contributed by atoms with Gasteiger partial charge in [-0.3, -0.25) is 14.4 Å². The predicted octanol–water partition coefficient (Wildman–Crippen LogP) is 3.67. The highest BCUT2D eigenvalue weighted by Gasteiger charge is 2.21. The molecule has 3 amide bonds. The lowest BCUT2D eigenvalue weighted by atomic mass is 9.95. The average molecular weight is 419 g/mol. The second kappa shape index (κ2) is 9.60. The molecule has 0 aliphatic heterocycles. The third kappa shape index (κ3) is 7.26. The van der Waals surface area contributed by atoms with Crippen LogP contribution in [-0.2, 0) is 14.4 Å². The largest absolute Gasteiger partial charge is 0.360 e. The number of hydrogen-bond acceptors (Lipinski definition) is 6. The fraction of sp³-hybridized carbons (Fsp3) is 0.400. The minimum absolute atomic E-state index is 0.102. The van der Waals surface area contributed by atoms with E-state index in [1.807, 2.05) is 20.8 Å². The van der Waals surface area contributed by atoms with Crippen LogP contribution in [0.15, 0.2) is 34.9 Å². The van der Waals surface area contributed by atoms with Crippen LogP contribution in [0.3, 0.4) is 0 Å². The third-order valence-electron chi connectivity index (χ3n) is 3.80. The molecule has 1 unspecified atom stereocenters. The first kappa shape index (κ1) is 22.5. The van der Waals surface area contributed by atoms with Crippen molar-refractivity contribution in [2.24, 2.45) is 5.41 Å². The Labute approximate surface area is 174 Å². The molecule has 0 spiro atoms. The summed E-state index contributed by atoms with van der Waals surface area (Å²) in [5.74, 6) is 0.428. The first-order valence-corrected chi connectivity index (χ1v) is 10.2. The Morgan fingerprint density at radius 1 is 1.10 bits per heavy atom. The molecule has 3 N–H and O–H groups in total. The highest BCUT2D eigenvalue weighted by Crippen LogP contribution is 2.21. The van der Waals surface area contributed by atoms with Gasteiger partial charge in [0, 0.05) is 22.9 Å². The van der Waals surface area contributed by atoms with Crippen molar-refractivity contribution in [1.29, 1.82) is 0 Å². The molecule has 0 radical (unpaired) electrons. The molecule has 0 saturated carbocycles. The number of aromatic nitrogens is 1. The van der Waals surface area contributed by atoms with Gasteiger partial charge in [-0.25, -0.2) is 0 Å². The van der Waals surface area contributed by atoms with Crippen molar-refractivity contribution in [2.75, 3.05) is 21.7 Å². The minimum Gasteiger partial charge on any atom is -0.360 e. The van der Waals surface area contributed by atoms with E-state index in [0.717, 1.165) is 0 Å². The smallest absolute Gasteiger partial charge is 0.238 e. The number of hydrogen-bond donors (Lipinski definition) is 3. The molecule has 0 bridgehead atoms. The van der Waals surface area contributed by atoms with E-state index in [1.54, 1.807) is 44.2 Å². The van der Waals surface area contributed by atoms with E-state index >= 15 is 0 Å². The summed E-state index contributed by atoms with van der Waals surface area (Å²) >= 11 is 1.20. The summed E-state index contributed by atoms with van der Waals surface area (Å²) in [6, 6.07) is 8.55. The number of nitrogens with zero attached hydrogens (tertiary/aromatic N) is 1. The Kier molecular flexibility index (Phi) is 7.44. The van der Waals surface area contributed by atoms with Crippen LogP contribution in [0.4, 0.5) is 17.2 Å². The summed E-state index contributed by atoms with van der Waals surface area (Å²) in [7, 11) is 0. The number of carbonyl (C=O) groups is 3.